The summed E-state index contributed by atoms with van der Waals surface area (Å²) >= 11 is 0. The van der Waals surface area contributed by atoms with E-state index in [1.165, 1.54) is 0 Å². The van der Waals surface area contributed by atoms with Crippen molar-refractivity contribution in [2.75, 3.05) is 13.2 Å². The number of rotatable bonds is 10. The van der Waals surface area contributed by atoms with Crippen LogP contribution in [-0.2, 0) is 14.3 Å². The second kappa shape index (κ2) is 10.8. The summed E-state index contributed by atoms with van der Waals surface area (Å²) in [6, 6.07) is 15.2. The fourth-order valence-corrected chi connectivity index (χ4v) is 3.92. The van der Waals surface area contributed by atoms with Gasteiger partial charge >= 0.3 is 12.1 Å². The lowest BCUT2D eigenvalue weighted by Gasteiger charge is -2.19. The largest absolute Gasteiger partial charge is 0.479 e. The summed E-state index contributed by atoms with van der Waals surface area (Å²) < 4.78 is 5.49. The Labute approximate surface area is 186 Å². The van der Waals surface area contributed by atoms with Crippen molar-refractivity contribution in [3.63, 3.8) is 0 Å². The number of carboxylic acids is 1. The molecule has 2 amide bonds. The predicted molar refractivity (Wildman–Crippen MR) is 118 cm³/mol. The van der Waals surface area contributed by atoms with Gasteiger partial charge in [0.15, 0.2) is 6.10 Å². The van der Waals surface area contributed by atoms with Crippen LogP contribution < -0.4 is 10.6 Å². The van der Waals surface area contributed by atoms with E-state index in [0.29, 0.717) is 12.8 Å². The number of carbonyl (C=O) groups excluding carboxylic acids is 2. The molecular formula is C24H28N2O6. The number of alkyl carbamates (subject to hydrolysis) is 1. The second-order valence-electron chi connectivity index (χ2n) is 7.74. The number of aliphatic hydroxyl groups is 1. The Hall–Kier alpha value is -3.39. The van der Waals surface area contributed by atoms with Crippen LogP contribution in [0.25, 0.3) is 11.1 Å². The van der Waals surface area contributed by atoms with Gasteiger partial charge in [-0.1, -0.05) is 61.9 Å². The van der Waals surface area contributed by atoms with Gasteiger partial charge in [-0.2, -0.15) is 0 Å². The first-order chi connectivity index (χ1) is 15.4. The molecule has 1 aliphatic rings. The monoisotopic (exact) mass is 440 g/mol. The fourth-order valence-electron chi connectivity index (χ4n) is 3.92. The van der Waals surface area contributed by atoms with E-state index in [9.17, 15) is 19.5 Å². The molecule has 0 heterocycles. The highest BCUT2D eigenvalue weighted by molar-refractivity contribution is 5.85. The summed E-state index contributed by atoms with van der Waals surface area (Å²) in [7, 11) is 0. The van der Waals surface area contributed by atoms with Gasteiger partial charge in [-0.3, -0.25) is 4.79 Å². The zero-order chi connectivity index (χ0) is 23.1. The Morgan fingerprint density at radius 2 is 1.59 bits per heavy atom. The van der Waals surface area contributed by atoms with Crippen LogP contribution in [0.1, 0.15) is 43.2 Å². The molecule has 0 aliphatic heterocycles. The number of carboxylic acid groups (broad SMARTS) is 1. The average molecular weight is 440 g/mol. The van der Waals surface area contributed by atoms with E-state index >= 15 is 0 Å². The van der Waals surface area contributed by atoms with Gasteiger partial charge < -0.3 is 25.6 Å². The Kier molecular flexibility index (Phi) is 7.83. The normalized spacial score (nSPS) is 14.1. The van der Waals surface area contributed by atoms with Crippen molar-refractivity contribution in [1.82, 2.24) is 10.6 Å². The third-order valence-electron chi connectivity index (χ3n) is 5.53. The summed E-state index contributed by atoms with van der Waals surface area (Å²) in [4.78, 5) is 35.5. The first kappa shape index (κ1) is 23.3. The molecule has 0 spiro atoms. The summed E-state index contributed by atoms with van der Waals surface area (Å²) in [5, 5.41) is 23.1. The fraction of sp³-hybridized carbons (Fsp3) is 0.375. The van der Waals surface area contributed by atoms with Gasteiger partial charge in [-0.15, -0.1) is 0 Å². The van der Waals surface area contributed by atoms with E-state index in [2.05, 4.69) is 22.8 Å². The molecule has 0 bridgehead atoms. The van der Waals surface area contributed by atoms with E-state index < -0.39 is 30.1 Å². The number of aliphatic carboxylic acids is 1. The molecule has 0 saturated heterocycles. The Morgan fingerprint density at radius 1 is 1.00 bits per heavy atom. The highest BCUT2D eigenvalue weighted by atomic mass is 16.5. The van der Waals surface area contributed by atoms with Crippen LogP contribution in [0.5, 0.6) is 0 Å². The zero-order valence-corrected chi connectivity index (χ0v) is 17.9. The number of hydrogen-bond donors (Lipinski definition) is 4. The third-order valence-corrected chi connectivity index (χ3v) is 5.53. The van der Waals surface area contributed by atoms with Crippen LogP contribution in [0, 0.1) is 0 Å². The molecule has 3 rings (SSSR count). The minimum atomic E-state index is -1.55. The SMILES string of the molecule is CCC[C@H](NC(=O)OCC1c2ccccc2-c2ccccc21)C(=O)NCCC(O)C(=O)O. The molecule has 170 valence electrons. The minimum Gasteiger partial charge on any atom is -0.479 e. The van der Waals surface area contributed by atoms with E-state index in [-0.39, 0.29) is 25.5 Å². The lowest BCUT2D eigenvalue weighted by Crippen LogP contribution is -2.47. The molecule has 0 aromatic heterocycles. The van der Waals surface area contributed by atoms with Gasteiger partial charge in [0.05, 0.1) is 0 Å². The van der Waals surface area contributed by atoms with E-state index in [1.807, 2.05) is 43.3 Å². The predicted octanol–water partition coefficient (Wildman–Crippen LogP) is 2.65. The van der Waals surface area contributed by atoms with E-state index in [0.717, 1.165) is 22.3 Å². The van der Waals surface area contributed by atoms with Crippen molar-refractivity contribution in [3.05, 3.63) is 59.7 Å². The maximum Gasteiger partial charge on any atom is 0.407 e. The zero-order valence-electron chi connectivity index (χ0n) is 17.9. The molecule has 8 heteroatoms. The molecule has 1 aliphatic carbocycles. The molecule has 0 fully saturated rings. The number of aliphatic hydroxyl groups excluding tert-OH is 1. The highest BCUT2D eigenvalue weighted by Gasteiger charge is 2.29. The molecule has 8 nitrogen and oxygen atoms in total. The van der Waals surface area contributed by atoms with Gasteiger partial charge in [0.1, 0.15) is 12.6 Å². The lowest BCUT2D eigenvalue weighted by atomic mass is 9.98. The smallest absolute Gasteiger partial charge is 0.407 e. The Morgan fingerprint density at radius 3 is 2.16 bits per heavy atom. The minimum absolute atomic E-state index is 0.0150. The van der Waals surface area contributed by atoms with Crippen LogP contribution in [0.3, 0.4) is 0 Å². The van der Waals surface area contributed by atoms with E-state index in [1.54, 1.807) is 0 Å². The molecule has 0 radical (unpaired) electrons. The maximum absolute atomic E-state index is 12.5. The average Bonchev–Trinajstić information content (AvgIpc) is 3.11. The second-order valence-corrected chi connectivity index (χ2v) is 7.74. The van der Waals surface area contributed by atoms with Crippen LogP contribution in [0.2, 0.25) is 0 Å². The molecule has 2 atom stereocenters. The molecule has 4 N–H and O–H groups in total. The third kappa shape index (κ3) is 5.45. The van der Waals surface area contributed by atoms with Crippen LogP contribution in [-0.4, -0.2) is 53.5 Å². The van der Waals surface area contributed by atoms with E-state index in [4.69, 9.17) is 9.84 Å². The van der Waals surface area contributed by atoms with Crippen molar-refractivity contribution < 1.29 is 29.3 Å². The number of fused-ring (bicyclic) bond motifs is 3. The van der Waals surface area contributed by atoms with Gasteiger partial charge in [0, 0.05) is 18.9 Å². The summed E-state index contributed by atoms with van der Waals surface area (Å²) in [6.07, 6.45) is -1.30. The summed E-state index contributed by atoms with van der Waals surface area (Å²) in [5.74, 6) is -1.87. The van der Waals surface area contributed by atoms with Gasteiger partial charge in [-0.25, -0.2) is 9.59 Å². The first-order valence-electron chi connectivity index (χ1n) is 10.7. The Bertz CT molecular complexity index is 931. The number of nitrogens with one attached hydrogen (secondary N) is 2. The molecule has 0 saturated carbocycles. The number of hydrogen-bond acceptors (Lipinski definition) is 5. The van der Waals surface area contributed by atoms with Crippen LogP contribution >= 0.6 is 0 Å². The molecule has 1 unspecified atom stereocenters. The van der Waals surface area contributed by atoms with Crippen molar-refractivity contribution in [1.29, 1.82) is 0 Å². The number of benzene rings is 2. The summed E-state index contributed by atoms with van der Waals surface area (Å²) in [5.41, 5.74) is 4.45. The summed E-state index contributed by atoms with van der Waals surface area (Å²) in [6.45, 7) is 2.01. The standard InChI is InChI=1S/C24H28N2O6/c1-2-7-20(22(28)25-13-12-21(27)23(29)30)26-24(31)32-14-19-17-10-5-3-8-15(17)16-9-4-6-11-18(16)19/h3-6,8-11,19-21,27H,2,7,12-14H2,1H3,(H,25,28)(H,26,31)(H,29,30)/t20-,21?/m0/s1. The topological polar surface area (TPSA) is 125 Å². The molecule has 32 heavy (non-hydrogen) atoms. The maximum atomic E-state index is 12.5. The highest BCUT2D eigenvalue weighted by Crippen LogP contribution is 2.44. The first-order valence-corrected chi connectivity index (χ1v) is 10.7. The number of ether oxygens (including phenoxy) is 1. The molecular weight excluding hydrogens is 412 g/mol. The molecule has 2 aromatic carbocycles. The number of carbonyl (C=O) groups is 3. The van der Waals surface area contributed by atoms with Gasteiger partial charge in [0.2, 0.25) is 5.91 Å². The van der Waals surface area contributed by atoms with Crippen molar-refractivity contribution in [3.8, 4) is 11.1 Å². The lowest BCUT2D eigenvalue weighted by molar-refractivity contribution is -0.147. The van der Waals surface area contributed by atoms with Crippen molar-refractivity contribution in [2.45, 2.75) is 44.2 Å². The van der Waals surface area contributed by atoms with Crippen LogP contribution in [0.15, 0.2) is 48.5 Å². The molecule has 2 aromatic rings. The Balaban J connectivity index is 1.57. The number of amides is 2. The van der Waals surface area contributed by atoms with Gasteiger partial charge in [0.25, 0.3) is 0 Å². The van der Waals surface area contributed by atoms with Gasteiger partial charge in [-0.05, 0) is 28.7 Å². The van der Waals surface area contributed by atoms with Crippen molar-refractivity contribution in [2.24, 2.45) is 0 Å². The van der Waals surface area contributed by atoms with Crippen molar-refractivity contribution >= 4 is 18.0 Å². The quantitative estimate of drug-likeness (QED) is 0.450. The van der Waals surface area contributed by atoms with Crippen LogP contribution in [0.4, 0.5) is 4.79 Å².